The fraction of sp³-hybridized carbons (Fsp3) is 0.733. The minimum absolute atomic E-state index is 0.281. The van der Waals surface area contributed by atoms with Crippen LogP contribution in [0, 0.1) is 0 Å². The molecule has 0 aromatic heterocycles. The molecule has 1 N–H and O–H groups in total. The van der Waals surface area contributed by atoms with Gasteiger partial charge in [-0.05, 0) is 19.8 Å². The second kappa shape index (κ2) is 16.9. The molecular formula is C15H30O. The van der Waals surface area contributed by atoms with E-state index in [2.05, 4.69) is 39.5 Å². The highest BCUT2D eigenvalue weighted by molar-refractivity contribution is 4.77. The first-order valence-electron chi connectivity index (χ1n) is 6.64. The number of aliphatic hydroxyl groups is 1. The van der Waals surface area contributed by atoms with E-state index in [-0.39, 0.29) is 6.10 Å². The molecule has 1 atom stereocenters. The molecule has 0 rings (SSSR count). The number of rotatable bonds is 8. The van der Waals surface area contributed by atoms with Crippen molar-refractivity contribution in [1.29, 1.82) is 0 Å². The molecule has 0 aromatic carbocycles. The molecule has 16 heavy (non-hydrogen) atoms. The van der Waals surface area contributed by atoms with Crippen molar-refractivity contribution in [2.45, 2.75) is 71.8 Å². The first-order valence-corrected chi connectivity index (χ1v) is 6.64. The van der Waals surface area contributed by atoms with Gasteiger partial charge in [-0.2, -0.15) is 0 Å². The topological polar surface area (TPSA) is 20.2 Å². The van der Waals surface area contributed by atoms with Crippen molar-refractivity contribution in [3.8, 4) is 0 Å². The van der Waals surface area contributed by atoms with Crippen molar-refractivity contribution in [1.82, 2.24) is 0 Å². The summed E-state index contributed by atoms with van der Waals surface area (Å²) < 4.78 is 0. The summed E-state index contributed by atoms with van der Waals surface area (Å²) in [7, 11) is 0. The molecule has 1 nitrogen and oxygen atoms in total. The van der Waals surface area contributed by atoms with Gasteiger partial charge in [0, 0.05) is 0 Å². The van der Waals surface area contributed by atoms with Crippen molar-refractivity contribution in [2.24, 2.45) is 0 Å². The molecule has 0 saturated heterocycles. The van der Waals surface area contributed by atoms with Gasteiger partial charge < -0.3 is 5.11 Å². The lowest BCUT2D eigenvalue weighted by Gasteiger charge is -2.01. The summed E-state index contributed by atoms with van der Waals surface area (Å²) in [4.78, 5) is 0. The van der Waals surface area contributed by atoms with Crippen LogP contribution in [0.2, 0.25) is 0 Å². The van der Waals surface area contributed by atoms with Crippen LogP contribution in [0.4, 0.5) is 0 Å². The Hall–Kier alpha value is -0.560. The number of aliphatic hydroxyl groups excluding tert-OH is 1. The smallest absolute Gasteiger partial charge is 0.0718 e. The van der Waals surface area contributed by atoms with Crippen LogP contribution >= 0.6 is 0 Å². The Labute approximate surface area is 102 Å². The molecule has 0 spiro atoms. The van der Waals surface area contributed by atoms with Gasteiger partial charge in [0.05, 0.1) is 6.10 Å². The largest absolute Gasteiger partial charge is 0.389 e. The molecule has 96 valence electrons. The summed E-state index contributed by atoms with van der Waals surface area (Å²) in [6, 6.07) is 0. The van der Waals surface area contributed by atoms with Crippen LogP contribution in [0.3, 0.4) is 0 Å². The van der Waals surface area contributed by atoms with Crippen LogP contribution in [0.5, 0.6) is 0 Å². The van der Waals surface area contributed by atoms with Crippen LogP contribution in [-0.2, 0) is 0 Å². The highest BCUT2D eigenvalue weighted by Crippen LogP contribution is 2.02. The first-order chi connectivity index (χ1) is 7.72. The second-order valence-corrected chi connectivity index (χ2v) is 4.01. The Morgan fingerprint density at radius 3 is 2.19 bits per heavy atom. The molecule has 0 fully saturated rings. The summed E-state index contributed by atoms with van der Waals surface area (Å²) in [5.41, 5.74) is 0. The summed E-state index contributed by atoms with van der Waals surface area (Å²) in [5.74, 6) is 0. The molecular weight excluding hydrogens is 196 g/mol. The van der Waals surface area contributed by atoms with Gasteiger partial charge >= 0.3 is 0 Å². The van der Waals surface area contributed by atoms with Crippen LogP contribution in [0.1, 0.15) is 65.7 Å². The highest BCUT2D eigenvalue weighted by Gasteiger charge is 1.94. The van der Waals surface area contributed by atoms with E-state index in [1.165, 1.54) is 32.1 Å². The molecule has 0 radical (unpaired) electrons. The molecule has 1 unspecified atom stereocenters. The third-order valence-electron chi connectivity index (χ3n) is 2.34. The predicted octanol–water partition coefficient (Wildman–Crippen LogP) is 4.87. The Morgan fingerprint density at radius 1 is 1.12 bits per heavy atom. The number of hydrogen-bond acceptors (Lipinski definition) is 1. The lowest BCUT2D eigenvalue weighted by Crippen LogP contribution is -1.99. The first kappa shape index (κ1) is 17.8. The molecule has 0 aliphatic rings. The zero-order valence-electron chi connectivity index (χ0n) is 11.4. The van der Waals surface area contributed by atoms with Gasteiger partial charge in [-0.25, -0.2) is 0 Å². The van der Waals surface area contributed by atoms with Crippen LogP contribution in [0.15, 0.2) is 24.8 Å². The number of allylic oxidation sites excluding steroid dienone is 2. The van der Waals surface area contributed by atoms with E-state index in [0.717, 1.165) is 12.8 Å². The van der Waals surface area contributed by atoms with Gasteiger partial charge in [-0.15, -0.1) is 6.58 Å². The maximum absolute atomic E-state index is 8.97. The summed E-state index contributed by atoms with van der Waals surface area (Å²) in [5, 5.41) is 8.97. The standard InChI is InChI=1S/C8H16O.C7H14/c1-3-5-6-7-8(9)4-2;1-3-5-7-6-4-2/h4,8-9H,2-3,5-7H2,1H3;3,5H,4,6-7H2,1-2H3. The van der Waals surface area contributed by atoms with Crippen LogP contribution in [-0.4, -0.2) is 11.2 Å². The van der Waals surface area contributed by atoms with Crippen molar-refractivity contribution < 1.29 is 5.11 Å². The zero-order valence-corrected chi connectivity index (χ0v) is 11.4. The Bertz CT molecular complexity index is 150. The van der Waals surface area contributed by atoms with E-state index in [4.69, 9.17) is 5.11 Å². The molecule has 0 heterocycles. The second-order valence-electron chi connectivity index (χ2n) is 4.01. The molecule has 0 aromatic rings. The molecule has 0 aliphatic heterocycles. The van der Waals surface area contributed by atoms with Gasteiger partial charge in [0.1, 0.15) is 0 Å². The highest BCUT2D eigenvalue weighted by atomic mass is 16.3. The summed E-state index contributed by atoms with van der Waals surface area (Å²) in [6.07, 6.45) is 13.9. The minimum Gasteiger partial charge on any atom is -0.389 e. The van der Waals surface area contributed by atoms with Crippen LogP contribution in [0.25, 0.3) is 0 Å². The van der Waals surface area contributed by atoms with E-state index < -0.39 is 0 Å². The SMILES string of the molecule is C=CC(O)CCCCC.CC=CCCCC. The Kier molecular flexibility index (Phi) is 18.8. The maximum atomic E-state index is 8.97. The summed E-state index contributed by atoms with van der Waals surface area (Å²) >= 11 is 0. The average Bonchev–Trinajstić information content (AvgIpc) is 2.31. The van der Waals surface area contributed by atoms with E-state index in [9.17, 15) is 0 Å². The zero-order chi connectivity index (χ0) is 12.6. The summed E-state index contributed by atoms with van der Waals surface area (Å²) in [6.45, 7) is 9.92. The van der Waals surface area contributed by atoms with Gasteiger partial charge in [0.2, 0.25) is 0 Å². The lowest BCUT2D eigenvalue weighted by molar-refractivity contribution is 0.208. The van der Waals surface area contributed by atoms with Gasteiger partial charge in [-0.1, -0.05) is 64.2 Å². The van der Waals surface area contributed by atoms with Crippen molar-refractivity contribution in [3.63, 3.8) is 0 Å². The predicted molar refractivity (Wildman–Crippen MR) is 74.7 cm³/mol. The van der Waals surface area contributed by atoms with Crippen molar-refractivity contribution in [3.05, 3.63) is 24.8 Å². The van der Waals surface area contributed by atoms with E-state index in [1.807, 2.05) is 0 Å². The van der Waals surface area contributed by atoms with Gasteiger partial charge in [0.15, 0.2) is 0 Å². The molecule has 1 heteroatoms. The monoisotopic (exact) mass is 226 g/mol. The van der Waals surface area contributed by atoms with Gasteiger partial charge in [-0.3, -0.25) is 0 Å². The number of unbranched alkanes of at least 4 members (excludes halogenated alkanes) is 4. The Morgan fingerprint density at radius 2 is 1.75 bits per heavy atom. The maximum Gasteiger partial charge on any atom is 0.0718 e. The third-order valence-corrected chi connectivity index (χ3v) is 2.34. The van der Waals surface area contributed by atoms with E-state index in [1.54, 1.807) is 6.08 Å². The molecule has 0 bridgehead atoms. The quantitative estimate of drug-likeness (QED) is 0.462. The fourth-order valence-electron chi connectivity index (χ4n) is 1.21. The minimum atomic E-state index is -0.281. The third kappa shape index (κ3) is 19.1. The molecule has 0 aliphatic carbocycles. The van der Waals surface area contributed by atoms with E-state index in [0.29, 0.717) is 0 Å². The fourth-order valence-corrected chi connectivity index (χ4v) is 1.21. The Balaban J connectivity index is 0. The number of hydrogen-bond donors (Lipinski definition) is 1. The molecule has 0 saturated carbocycles. The average molecular weight is 226 g/mol. The lowest BCUT2D eigenvalue weighted by atomic mass is 10.1. The normalized spacial score (nSPS) is 12.0. The van der Waals surface area contributed by atoms with Crippen molar-refractivity contribution in [2.75, 3.05) is 0 Å². The van der Waals surface area contributed by atoms with Crippen LogP contribution < -0.4 is 0 Å². The molecule has 0 amide bonds. The van der Waals surface area contributed by atoms with E-state index >= 15 is 0 Å². The van der Waals surface area contributed by atoms with Crippen molar-refractivity contribution >= 4 is 0 Å². The van der Waals surface area contributed by atoms with Gasteiger partial charge in [0.25, 0.3) is 0 Å².